The van der Waals surface area contributed by atoms with Crippen LogP contribution in [-0.4, -0.2) is 57.1 Å². The maximum Gasteiger partial charge on any atom is 0.244 e. The van der Waals surface area contributed by atoms with Crippen molar-refractivity contribution in [1.29, 1.82) is 0 Å². The number of hydrogen-bond donors (Lipinski definition) is 1. The van der Waals surface area contributed by atoms with Crippen molar-refractivity contribution < 1.29 is 22.7 Å². The fourth-order valence-electron chi connectivity index (χ4n) is 5.16. The Hall–Kier alpha value is -3.27. The molecule has 1 saturated carbocycles. The van der Waals surface area contributed by atoms with Crippen molar-refractivity contribution in [1.82, 2.24) is 10.2 Å². The molecule has 1 aliphatic rings. The zero-order valence-corrected chi connectivity index (χ0v) is 26.0. The molecule has 0 saturated heterocycles. The van der Waals surface area contributed by atoms with Crippen LogP contribution in [0.5, 0.6) is 5.75 Å². The van der Waals surface area contributed by atoms with Crippen molar-refractivity contribution in [3.8, 4) is 5.75 Å². The van der Waals surface area contributed by atoms with E-state index in [9.17, 15) is 18.0 Å². The maximum atomic E-state index is 14.2. The number of benzene rings is 3. The number of methoxy groups -OCH3 is 1. The van der Waals surface area contributed by atoms with Gasteiger partial charge in [0.1, 0.15) is 18.3 Å². The Bertz CT molecular complexity index is 1500. The summed E-state index contributed by atoms with van der Waals surface area (Å²) in [6.07, 6.45) is 5.08. The number of nitrogens with one attached hydrogen (secondary N) is 1. The molecule has 8 nitrogen and oxygen atoms in total. The first-order valence-corrected chi connectivity index (χ1v) is 16.4. The molecule has 0 radical (unpaired) electrons. The standard InChI is InChI=1S/C31H35Cl2N3O5S/c1-41-29-17-16-25(19-27(29)33)36(42(2,39)40)21-30(37)35(20-23-12-6-9-15-26(23)32)28(18-22-10-4-3-5-11-22)31(38)34-24-13-7-8-14-24/h3-6,9-12,15-17,19,24,28H,7-8,13-14,18,20-21H2,1-2H3,(H,34,38). The van der Waals surface area contributed by atoms with E-state index in [1.54, 1.807) is 24.3 Å². The van der Waals surface area contributed by atoms with Crippen molar-refractivity contribution in [2.24, 2.45) is 0 Å². The van der Waals surface area contributed by atoms with Crippen molar-refractivity contribution in [3.05, 3.63) is 94.0 Å². The van der Waals surface area contributed by atoms with Crippen molar-refractivity contribution in [2.75, 3.05) is 24.2 Å². The summed E-state index contributed by atoms with van der Waals surface area (Å²) in [7, 11) is -2.47. The van der Waals surface area contributed by atoms with Gasteiger partial charge in [-0.15, -0.1) is 0 Å². The van der Waals surface area contributed by atoms with Crippen molar-refractivity contribution in [2.45, 2.75) is 50.7 Å². The van der Waals surface area contributed by atoms with E-state index in [0.29, 0.717) is 16.3 Å². The second-order valence-corrected chi connectivity index (χ2v) is 13.1. The molecule has 42 heavy (non-hydrogen) atoms. The summed E-state index contributed by atoms with van der Waals surface area (Å²) in [5, 5.41) is 3.77. The van der Waals surface area contributed by atoms with E-state index in [-0.39, 0.29) is 35.6 Å². The van der Waals surface area contributed by atoms with Gasteiger partial charge in [-0.25, -0.2) is 8.42 Å². The molecule has 2 amide bonds. The van der Waals surface area contributed by atoms with Crippen LogP contribution in [0.1, 0.15) is 36.8 Å². The quantitative estimate of drug-likeness (QED) is 0.286. The lowest BCUT2D eigenvalue weighted by Gasteiger charge is -2.34. The Balaban J connectivity index is 1.74. The van der Waals surface area contributed by atoms with Crippen LogP contribution >= 0.6 is 23.2 Å². The number of anilines is 1. The number of sulfonamides is 1. The number of amides is 2. The number of halogens is 2. The van der Waals surface area contributed by atoms with Crippen molar-refractivity contribution in [3.63, 3.8) is 0 Å². The monoisotopic (exact) mass is 631 g/mol. The van der Waals surface area contributed by atoms with Gasteiger partial charge in [-0.05, 0) is 48.2 Å². The van der Waals surface area contributed by atoms with Gasteiger partial charge in [0.2, 0.25) is 21.8 Å². The van der Waals surface area contributed by atoms with Gasteiger partial charge in [0, 0.05) is 24.0 Å². The lowest BCUT2D eigenvalue weighted by molar-refractivity contribution is -0.140. The van der Waals surface area contributed by atoms with Crippen LogP contribution in [-0.2, 0) is 32.6 Å². The minimum atomic E-state index is -3.93. The molecule has 3 aromatic rings. The molecule has 1 N–H and O–H groups in total. The van der Waals surface area contributed by atoms with Crippen LogP contribution in [0.2, 0.25) is 10.0 Å². The molecular weight excluding hydrogens is 597 g/mol. The fraction of sp³-hybridized carbons (Fsp3) is 0.355. The van der Waals surface area contributed by atoms with E-state index >= 15 is 0 Å². The summed E-state index contributed by atoms with van der Waals surface area (Å²) in [5.41, 5.74) is 1.70. The molecule has 1 atom stereocenters. The summed E-state index contributed by atoms with van der Waals surface area (Å²) in [6.45, 7) is -0.539. The van der Waals surface area contributed by atoms with Gasteiger partial charge < -0.3 is 15.0 Å². The van der Waals surface area contributed by atoms with E-state index < -0.39 is 28.5 Å². The number of hydrogen-bond acceptors (Lipinski definition) is 5. The summed E-state index contributed by atoms with van der Waals surface area (Å²) in [4.78, 5) is 29.5. The molecule has 11 heteroatoms. The van der Waals surface area contributed by atoms with Crippen LogP contribution in [0.15, 0.2) is 72.8 Å². The molecule has 1 fully saturated rings. The average molecular weight is 633 g/mol. The first kappa shape index (κ1) is 31.7. The third kappa shape index (κ3) is 8.18. The Kier molecular flexibility index (Phi) is 10.8. The Morgan fingerprint density at radius 1 is 0.976 bits per heavy atom. The molecule has 1 aliphatic carbocycles. The lowest BCUT2D eigenvalue weighted by atomic mass is 10.0. The number of nitrogens with zero attached hydrogens (tertiary/aromatic N) is 2. The predicted octanol–water partition coefficient (Wildman–Crippen LogP) is 5.47. The van der Waals surface area contributed by atoms with Crippen molar-refractivity contribution >= 4 is 50.7 Å². The van der Waals surface area contributed by atoms with Crippen LogP contribution in [0.25, 0.3) is 0 Å². The molecular formula is C31H35Cl2N3O5S. The molecule has 3 aromatic carbocycles. The summed E-state index contributed by atoms with van der Waals surface area (Å²) < 4.78 is 32.1. The molecule has 0 heterocycles. The highest BCUT2D eigenvalue weighted by atomic mass is 35.5. The summed E-state index contributed by atoms with van der Waals surface area (Å²) >= 11 is 12.8. The molecule has 4 rings (SSSR count). The maximum absolute atomic E-state index is 14.2. The predicted molar refractivity (Wildman–Crippen MR) is 167 cm³/mol. The minimum absolute atomic E-state index is 0.00899. The molecule has 1 unspecified atom stereocenters. The number of rotatable bonds is 12. The topological polar surface area (TPSA) is 96.0 Å². The lowest BCUT2D eigenvalue weighted by Crippen LogP contribution is -2.54. The largest absolute Gasteiger partial charge is 0.495 e. The Morgan fingerprint density at radius 3 is 2.26 bits per heavy atom. The number of carbonyl (C=O) groups excluding carboxylic acids is 2. The van der Waals surface area contributed by atoms with Gasteiger partial charge in [0.15, 0.2) is 0 Å². The second kappa shape index (κ2) is 14.3. The van der Waals surface area contributed by atoms with Gasteiger partial charge in [-0.1, -0.05) is 84.6 Å². The SMILES string of the molecule is COc1ccc(N(CC(=O)N(Cc2ccccc2Cl)C(Cc2ccccc2)C(=O)NC2CCCC2)S(C)(=O)=O)cc1Cl. The third-order valence-corrected chi connectivity index (χ3v) is 9.18. The van der Waals surface area contributed by atoms with E-state index in [0.717, 1.165) is 41.8 Å². The minimum Gasteiger partial charge on any atom is -0.495 e. The van der Waals surface area contributed by atoms with E-state index in [1.807, 2.05) is 30.3 Å². The highest BCUT2D eigenvalue weighted by molar-refractivity contribution is 7.92. The normalized spacial score (nSPS) is 14.3. The first-order chi connectivity index (χ1) is 20.1. The second-order valence-electron chi connectivity index (χ2n) is 10.4. The zero-order chi connectivity index (χ0) is 30.3. The summed E-state index contributed by atoms with van der Waals surface area (Å²) in [5.74, 6) is -0.480. The highest BCUT2D eigenvalue weighted by Crippen LogP contribution is 2.31. The fourth-order valence-corrected chi connectivity index (χ4v) is 6.44. The van der Waals surface area contributed by atoms with Crippen LogP contribution < -0.4 is 14.4 Å². The van der Waals surface area contributed by atoms with Gasteiger partial charge in [-0.3, -0.25) is 13.9 Å². The Morgan fingerprint density at radius 2 is 1.64 bits per heavy atom. The van der Waals surface area contributed by atoms with E-state index in [1.165, 1.54) is 30.2 Å². The summed E-state index contributed by atoms with van der Waals surface area (Å²) in [6, 6.07) is 20.1. The molecule has 0 spiro atoms. The first-order valence-electron chi connectivity index (χ1n) is 13.7. The van der Waals surface area contributed by atoms with E-state index in [4.69, 9.17) is 27.9 Å². The highest BCUT2D eigenvalue weighted by Gasteiger charge is 2.34. The van der Waals surface area contributed by atoms with Crippen LogP contribution in [0, 0.1) is 0 Å². The van der Waals surface area contributed by atoms with Gasteiger partial charge >= 0.3 is 0 Å². The Labute approximate surface area is 257 Å². The van der Waals surface area contributed by atoms with Gasteiger partial charge in [0.25, 0.3) is 0 Å². The molecule has 0 aliphatic heterocycles. The van der Waals surface area contributed by atoms with E-state index in [2.05, 4.69) is 5.32 Å². The molecule has 0 bridgehead atoms. The zero-order valence-electron chi connectivity index (χ0n) is 23.6. The average Bonchev–Trinajstić information content (AvgIpc) is 3.47. The molecule has 224 valence electrons. The third-order valence-electron chi connectivity index (χ3n) is 7.37. The van der Waals surface area contributed by atoms with Gasteiger partial charge in [-0.2, -0.15) is 0 Å². The number of ether oxygens (including phenoxy) is 1. The van der Waals surface area contributed by atoms with Crippen LogP contribution in [0.4, 0.5) is 5.69 Å². The number of carbonyl (C=O) groups is 2. The smallest absolute Gasteiger partial charge is 0.244 e. The molecule has 0 aromatic heterocycles. The van der Waals surface area contributed by atoms with Crippen LogP contribution in [0.3, 0.4) is 0 Å². The van der Waals surface area contributed by atoms with Gasteiger partial charge in [0.05, 0.1) is 24.1 Å².